The maximum Gasteiger partial charge on any atom is 0.255 e. The normalized spacial score (nSPS) is 21.7. The van der Waals surface area contributed by atoms with Gasteiger partial charge in [-0.15, -0.1) is 0 Å². The molecule has 2 atom stereocenters. The molecule has 0 aliphatic carbocycles. The molecule has 2 unspecified atom stereocenters. The lowest BCUT2D eigenvalue weighted by Gasteiger charge is -2.24. The topological polar surface area (TPSA) is 50.4 Å². The van der Waals surface area contributed by atoms with Gasteiger partial charge in [0.25, 0.3) is 5.91 Å². The van der Waals surface area contributed by atoms with E-state index >= 15 is 0 Å². The minimum absolute atomic E-state index is 0.00241. The summed E-state index contributed by atoms with van der Waals surface area (Å²) in [6.45, 7) is 5.90. The highest BCUT2D eigenvalue weighted by molar-refractivity contribution is 5.98. The molecular weight excluding hydrogens is 264 g/mol. The highest BCUT2D eigenvalue weighted by Crippen LogP contribution is 2.31. The number of hydrogen-bond donors (Lipinski definition) is 2. The monoisotopic (exact) mass is 288 g/mol. The van der Waals surface area contributed by atoms with E-state index in [-0.39, 0.29) is 11.9 Å². The van der Waals surface area contributed by atoms with E-state index in [1.165, 1.54) is 6.42 Å². The molecule has 1 saturated heterocycles. The third-order valence-corrected chi connectivity index (χ3v) is 4.51. The highest BCUT2D eigenvalue weighted by atomic mass is 16.5. The molecular formula is C17H24N2O2. The first-order valence-electron chi connectivity index (χ1n) is 7.99. The van der Waals surface area contributed by atoms with Crippen molar-refractivity contribution in [2.75, 3.05) is 13.2 Å². The highest BCUT2D eigenvalue weighted by Gasteiger charge is 2.27. The average molecular weight is 288 g/mol. The van der Waals surface area contributed by atoms with Crippen LogP contribution in [0.25, 0.3) is 0 Å². The second-order valence-electron chi connectivity index (χ2n) is 6.09. The Morgan fingerprint density at radius 3 is 3.10 bits per heavy atom. The zero-order chi connectivity index (χ0) is 14.8. The molecule has 2 aliphatic rings. The molecule has 0 radical (unpaired) electrons. The van der Waals surface area contributed by atoms with Gasteiger partial charge in [-0.2, -0.15) is 0 Å². The summed E-state index contributed by atoms with van der Waals surface area (Å²) in [5.74, 6) is 0.782. The number of aryl methyl sites for hydroxylation is 1. The quantitative estimate of drug-likeness (QED) is 0.893. The molecule has 0 aromatic heterocycles. The molecule has 3 rings (SSSR count). The zero-order valence-electron chi connectivity index (χ0n) is 12.9. The summed E-state index contributed by atoms with van der Waals surface area (Å²) >= 11 is 0. The van der Waals surface area contributed by atoms with Crippen molar-refractivity contribution in [3.63, 3.8) is 0 Å². The molecule has 0 spiro atoms. The second kappa shape index (κ2) is 6.06. The van der Waals surface area contributed by atoms with Crippen molar-refractivity contribution < 1.29 is 9.53 Å². The molecule has 1 fully saturated rings. The van der Waals surface area contributed by atoms with Crippen LogP contribution in [0.15, 0.2) is 12.1 Å². The van der Waals surface area contributed by atoms with Crippen LogP contribution < -0.4 is 15.4 Å². The Labute approximate surface area is 126 Å². The van der Waals surface area contributed by atoms with Gasteiger partial charge in [-0.05, 0) is 49.9 Å². The predicted molar refractivity (Wildman–Crippen MR) is 82.9 cm³/mol. The second-order valence-corrected chi connectivity index (χ2v) is 6.09. The fraction of sp³-hybridized carbons (Fsp3) is 0.588. The Kier molecular flexibility index (Phi) is 4.15. The predicted octanol–water partition coefficient (Wildman–Crippen LogP) is 2.19. The minimum Gasteiger partial charge on any atom is -0.492 e. The Balaban J connectivity index is 1.79. The van der Waals surface area contributed by atoms with Gasteiger partial charge >= 0.3 is 0 Å². The van der Waals surface area contributed by atoms with E-state index in [9.17, 15) is 4.79 Å². The fourth-order valence-corrected chi connectivity index (χ4v) is 3.42. The van der Waals surface area contributed by atoms with Crippen LogP contribution >= 0.6 is 0 Å². The maximum atomic E-state index is 12.7. The van der Waals surface area contributed by atoms with E-state index in [0.717, 1.165) is 42.7 Å². The first-order valence-corrected chi connectivity index (χ1v) is 7.99. The first kappa shape index (κ1) is 14.4. The number of carbonyl (C=O) groups excluding carboxylic acids is 1. The van der Waals surface area contributed by atoms with Crippen LogP contribution in [0.4, 0.5) is 0 Å². The van der Waals surface area contributed by atoms with E-state index < -0.39 is 0 Å². The third kappa shape index (κ3) is 2.91. The molecule has 4 heteroatoms. The summed E-state index contributed by atoms with van der Waals surface area (Å²) in [5, 5.41) is 6.68. The van der Waals surface area contributed by atoms with Crippen LogP contribution in [0.3, 0.4) is 0 Å². The van der Waals surface area contributed by atoms with E-state index in [2.05, 4.69) is 23.6 Å². The minimum atomic E-state index is -0.00241. The number of rotatable bonds is 4. The van der Waals surface area contributed by atoms with E-state index in [0.29, 0.717) is 18.2 Å². The first-order chi connectivity index (χ1) is 10.2. The smallest absolute Gasteiger partial charge is 0.255 e. The van der Waals surface area contributed by atoms with Crippen LogP contribution in [-0.2, 0) is 6.42 Å². The van der Waals surface area contributed by atoms with Gasteiger partial charge in [0.15, 0.2) is 0 Å². The molecule has 1 amide bonds. The number of carbonyl (C=O) groups is 1. The van der Waals surface area contributed by atoms with E-state index in [4.69, 9.17) is 4.74 Å². The van der Waals surface area contributed by atoms with Crippen molar-refractivity contribution >= 4 is 5.91 Å². The summed E-state index contributed by atoms with van der Waals surface area (Å²) in [6.07, 6.45) is 4.18. The van der Waals surface area contributed by atoms with E-state index in [1.807, 2.05) is 13.0 Å². The number of hydrogen-bond acceptors (Lipinski definition) is 3. The van der Waals surface area contributed by atoms with Crippen molar-refractivity contribution in [2.24, 2.45) is 0 Å². The maximum absolute atomic E-state index is 12.7. The Morgan fingerprint density at radius 2 is 2.38 bits per heavy atom. The summed E-state index contributed by atoms with van der Waals surface area (Å²) in [5.41, 5.74) is 2.97. The van der Waals surface area contributed by atoms with Gasteiger partial charge in [0, 0.05) is 18.5 Å². The molecule has 4 nitrogen and oxygen atoms in total. The Morgan fingerprint density at radius 1 is 1.52 bits per heavy atom. The third-order valence-electron chi connectivity index (χ3n) is 4.51. The van der Waals surface area contributed by atoms with Gasteiger partial charge in [-0.1, -0.05) is 13.0 Å². The molecule has 2 aliphatic heterocycles. The zero-order valence-corrected chi connectivity index (χ0v) is 12.9. The van der Waals surface area contributed by atoms with Crippen molar-refractivity contribution in [3.8, 4) is 5.75 Å². The summed E-state index contributed by atoms with van der Waals surface area (Å²) < 4.78 is 5.67. The van der Waals surface area contributed by atoms with Crippen molar-refractivity contribution in [1.29, 1.82) is 0 Å². The molecule has 2 N–H and O–H groups in total. The molecule has 1 aromatic carbocycles. The molecule has 0 bridgehead atoms. The van der Waals surface area contributed by atoms with Gasteiger partial charge < -0.3 is 15.4 Å². The SMILES string of the molecule is CCC(NC(=O)c1cc(C)cc2c1OCC2)C1CCCN1. The Hall–Kier alpha value is -1.55. The van der Waals surface area contributed by atoms with Gasteiger partial charge in [0.2, 0.25) is 0 Å². The summed E-state index contributed by atoms with van der Waals surface area (Å²) in [4.78, 5) is 12.7. The van der Waals surface area contributed by atoms with Gasteiger partial charge in [0.05, 0.1) is 12.2 Å². The van der Waals surface area contributed by atoms with Crippen molar-refractivity contribution in [2.45, 2.75) is 51.6 Å². The van der Waals surface area contributed by atoms with Crippen LogP contribution in [0.5, 0.6) is 5.75 Å². The lowest BCUT2D eigenvalue weighted by molar-refractivity contribution is 0.0924. The van der Waals surface area contributed by atoms with Crippen LogP contribution in [-0.4, -0.2) is 31.1 Å². The van der Waals surface area contributed by atoms with Crippen molar-refractivity contribution in [1.82, 2.24) is 10.6 Å². The lowest BCUT2D eigenvalue weighted by Crippen LogP contribution is -2.47. The number of fused-ring (bicyclic) bond motifs is 1. The number of benzene rings is 1. The molecule has 114 valence electrons. The molecule has 21 heavy (non-hydrogen) atoms. The molecule has 2 heterocycles. The summed E-state index contributed by atoms with van der Waals surface area (Å²) in [7, 11) is 0. The molecule has 1 aromatic rings. The van der Waals surface area contributed by atoms with Gasteiger partial charge in [0.1, 0.15) is 5.75 Å². The van der Waals surface area contributed by atoms with Crippen LogP contribution in [0, 0.1) is 6.92 Å². The Bertz CT molecular complexity index is 536. The van der Waals surface area contributed by atoms with Crippen LogP contribution in [0.2, 0.25) is 0 Å². The fourth-order valence-electron chi connectivity index (χ4n) is 3.42. The standard InChI is InChI=1S/C17H24N2O2/c1-3-14(15-5-4-7-18-15)19-17(20)13-10-11(2)9-12-6-8-21-16(12)13/h9-10,14-15,18H,3-8H2,1-2H3,(H,19,20). The van der Waals surface area contributed by atoms with E-state index in [1.54, 1.807) is 0 Å². The molecule has 0 saturated carbocycles. The van der Waals surface area contributed by atoms with Crippen molar-refractivity contribution in [3.05, 3.63) is 28.8 Å². The summed E-state index contributed by atoms with van der Waals surface area (Å²) in [6, 6.07) is 4.65. The number of ether oxygens (including phenoxy) is 1. The van der Waals surface area contributed by atoms with Crippen LogP contribution in [0.1, 0.15) is 47.7 Å². The number of nitrogens with one attached hydrogen (secondary N) is 2. The largest absolute Gasteiger partial charge is 0.492 e. The van der Waals surface area contributed by atoms with Gasteiger partial charge in [-0.3, -0.25) is 4.79 Å². The van der Waals surface area contributed by atoms with Gasteiger partial charge in [-0.25, -0.2) is 0 Å². The lowest BCUT2D eigenvalue weighted by atomic mass is 10.0. The average Bonchev–Trinajstić information content (AvgIpc) is 3.14. The number of amides is 1.